The normalized spacial score (nSPS) is 12.0. The van der Waals surface area contributed by atoms with Crippen molar-refractivity contribution < 1.29 is 4.79 Å². The Balaban J connectivity index is 3.52. The average Bonchev–Trinajstić information content (AvgIpc) is 1.67. The highest BCUT2D eigenvalue weighted by atomic mass is 16.1. The van der Waals surface area contributed by atoms with Crippen LogP contribution < -0.4 is 11.5 Å². The Morgan fingerprint density at radius 1 is 2.00 bits per heavy atom. The molecule has 3 nitrogen and oxygen atoms in total. The molecule has 1 amide bonds. The Kier molecular flexibility index (Phi) is 2.67. The van der Waals surface area contributed by atoms with Gasteiger partial charge < -0.3 is 5.73 Å². The van der Waals surface area contributed by atoms with E-state index in [2.05, 4.69) is 5.92 Å². The van der Waals surface area contributed by atoms with Crippen LogP contribution in [0.15, 0.2) is 0 Å². The van der Waals surface area contributed by atoms with Gasteiger partial charge in [-0.15, -0.1) is 12.3 Å². The SMILES string of the molecule is C#CCC(N)C([NH])=O. The minimum absolute atomic E-state index is 0.155. The molecule has 0 bridgehead atoms. The minimum Gasteiger partial charge on any atom is -0.319 e. The van der Waals surface area contributed by atoms with Crippen LogP contribution in [0.1, 0.15) is 6.42 Å². The first kappa shape index (κ1) is 6.99. The van der Waals surface area contributed by atoms with Gasteiger partial charge in [0.25, 0.3) is 5.91 Å². The molecule has 8 heavy (non-hydrogen) atoms. The highest BCUT2D eigenvalue weighted by molar-refractivity contribution is 5.79. The third-order valence-corrected chi connectivity index (χ3v) is 0.675. The van der Waals surface area contributed by atoms with E-state index in [-0.39, 0.29) is 6.42 Å². The van der Waals surface area contributed by atoms with Crippen molar-refractivity contribution in [3.05, 3.63) is 0 Å². The third-order valence-electron chi connectivity index (χ3n) is 0.675. The van der Waals surface area contributed by atoms with Gasteiger partial charge in [0.05, 0.1) is 6.04 Å². The predicted molar refractivity (Wildman–Crippen MR) is 29.5 cm³/mol. The molecule has 0 aromatic carbocycles. The lowest BCUT2D eigenvalue weighted by Gasteiger charge is -1.97. The largest absolute Gasteiger partial charge is 0.319 e. The minimum atomic E-state index is -0.803. The lowest BCUT2D eigenvalue weighted by molar-refractivity contribution is -0.119. The molecule has 0 fully saturated rings. The molecule has 0 rings (SSSR count). The van der Waals surface area contributed by atoms with E-state index in [0.717, 1.165) is 0 Å². The summed E-state index contributed by atoms with van der Waals surface area (Å²) in [7, 11) is 0. The number of nitrogens with two attached hydrogens (primary N) is 1. The molecular weight excluding hydrogens is 104 g/mol. The van der Waals surface area contributed by atoms with Crippen molar-refractivity contribution >= 4 is 5.91 Å². The topological polar surface area (TPSA) is 66.9 Å². The Bertz CT molecular complexity index is 125. The number of terminal acetylenes is 1. The summed E-state index contributed by atoms with van der Waals surface area (Å²) in [5.41, 5.74) is 11.5. The Morgan fingerprint density at radius 2 is 2.50 bits per heavy atom. The zero-order valence-electron chi connectivity index (χ0n) is 4.35. The van der Waals surface area contributed by atoms with Crippen molar-refractivity contribution in [2.24, 2.45) is 5.73 Å². The quantitative estimate of drug-likeness (QED) is 0.471. The summed E-state index contributed by atoms with van der Waals surface area (Å²) in [6.45, 7) is 0. The highest BCUT2D eigenvalue weighted by Crippen LogP contribution is 1.82. The fourth-order valence-corrected chi connectivity index (χ4v) is 0.220. The molecular formula is C5H7N2O. The first-order valence-corrected chi connectivity index (χ1v) is 2.13. The lowest BCUT2D eigenvalue weighted by Crippen LogP contribution is -2.30. The number of nitrogens with one attached hydrogen (secondary N) is 1. The van der Waals surface area contributed by atoms with Gasteiger partial charge >= 0.3 is 0 Å². The molecule has 0 saturated heterocycles. The van der Waals surface area contributed by atoms with Gasteiger partial charge in [0.2, 0.25) is 0 Å². The van der Waals surface area contributed by atoms with Crippen LogP contribution in [0.2, 0.25) is 0 Å². The van der Waals surface area contributed by atoms with E-state index >= 15 is 0 Å². The maximum absolute atomic E-state index is 9.98. The molecule has 0 aliphatic rings. The molecule has 3 heteroatoms. The van der Waals surface area contributed by atoms with Crippen LogP contribution in [0.4, 0.5) is 0 Å². The highest BCUT2D eigenvalue weighted by Gasteiger charge is 2.05. The number of hydrogen-bond donors (Lipinski definition) is 1. The molecule has 0 saturated carbocycles. The smallest absolute Gasteiger partial charge is 0.256 e. The number of amides is 1. The standard InChI is InChI=1S/C5H7N2O/c1-2-3-4(6)5(7)8/h1,4,7H,3,6H2. The summed E-state index contributed by atoms with van der Waals surface area (Å²) in [6, 6.07) is -0.792. The first-order valence-electron chi connectivity index (χ1n) is 2.13. The molecule has 1 atom stereocenters. The molecule has 0 aliphatic heterocycles. The van der Waals surface area contributed by atoms with Gasteiger partial charge in [0.1, 0.15) is 0 Å². The average molecular weight is 111 g/mol. The molecule has 43 valence electrons. The van der Waals surface area contributed by atoms with E-state index in [4.69, 9.17) is 17.9 Å². The third kappa shape index (κ3) is 2.21. The summed E-state index contributed by atoms with van der Waals surface area (Å²) < 4.78 is 0. The molecule has 0 spiro atoms. The van der Waals surface area contributed by atoms with Crippen LogP contribution in [-0.2, 0) is 4.79 Å². The summed E-state index contributed by atoms with van der Waals surface area (Å²) in [6.07, 6.45) is 4.96. The Labute approximate surface area is 48.0 Å². The van der Waals surface area contributed by atoms with Gasteiger partial charge in [-0.1, -0.05) is 0 Å². The molecule has 1 unspecified atom stereocenters. The summed E-state index contributed by atoms with van der Waals surface area (Å²) >= 11 is 0. The van der Waals surface area contributed by atoms with Crippen LogP contribution in [0.25, 0.3) is 0 Å². The van der Waals surface area contributed by atoms with Gasteiger partial charge in [-0.3, -0.25) is 10.5 Å². The van der Waals surface area contributed by atoms with Crippen molar-refractivity contribution in [2.45, 2.75) is 12.5 Å². The maximum Gasteiger partial charge on any atom is 0.256 e. The van der Waals surface area contributed by atoms with Crippen LogP contribution >= 0.6 is 0 Å². The van der Waals surface area contributed by atoms with Crippen molar-refractivity contribution in [3.63, 3.8) is 0 Å². The number of carbonyl (C=O) groups is 1. The van der Waals surface area contributed by atoms with Gasteiger partial charge in [-0.2, -0.15) is 0 Å². The zero-order valence-corrected chi connectivity index (χ0v) is 4.35. The van der Waals surface area contributed by atoms with E-state index in [1.807, 2.05) is 0 Å². The Hall–Kier alpha value is -1.01. The Morgan fingerprint density at radius 3 is 2.62 bits per heavy atom. The van der Waals surface area contributed by atoms with Gasteiger partial charge in [0, 0.05) is 6.42 Å². The van der Waals surface area contributed by atoms with Gasteiger partial charge in [-0.05, 0) is 0 Å². The number of rotatable bonds is 2. The van der Waals surface area contributed by atoms with Crippen molar-refractivity contribution in [1.82, 2.24) is 5.73 Å². The van der Waals surface area contributed by atoms with Crippen LogP contribution in [0.5, 0.6) is 0 Å². The second kappa shape index (κ2) is 3.05. The molecule has 0 aromatic heterocycles. The second-order valence-corrected chi connectivity index (χ2v) is 1.38. The van der Waals surface area contributed by atoms with Gasteiger partial charge in [0.15, 0.2) is 0 Å². The second-order valence-electron chi connectivity index (χ2n) is 1.38. The van der Waals surface area contributed by atoms with Crippen molar-refractivity contribution in [1.29, 1.82) is 0 Å². The molecule has 0 heterocycles. The number of hydrogen-bond acceptors (Lipinski definition) is 2. The monoisotopic (exact) mass is 111 g/mol. The van der Waals surface area contributed by atoms with E-state index in [1.165, 1.54) is 0 Å². The van der Waals surface area contributed by atoms with E-state index in [0.29, 0.717) is 0 Å². The van der Waals surface area contributed by atoms with Crippen molar-refractivity contribution in [2.75, 3.05) is 0 Å². The molecule has 0 aliphatic carbocycles. The van der Waals surface area contributed by atoms with Crippen molar-refractivity contribution in [3.8, 4) is 12.3 Å². The van der Waals surface area contributed by atoms with E-state index in [9.17, 15) is 4.79 Å². The van der Waals surface area contributed by atoms with Crippen LogP contribution in [-0.4, -0.2) is 11.9 Å². The maximum atomic E-state index is 9.98. The van der Waals surface area contributed by atoms with E-state index < -0.39 is 11.9 Å². The summed E-state index contributed by atoms with van der Waals surface area (Å²) in [5, 5.41) is 0. The molecule has 1 radical (unpaired) electrons. The van der Waals surface area contributed by atoms with Gasteiger partial charge in [-0.25, -0.2) is 0 Å². The zero-order chi connectivity index (χ0) is 6.57. The fraction of sp³-hybridized carbons (Fsp3) is 0.400. The summed E-state index contributed by atoms with van der Waals surface area (Å²) in [5.74, 6) is 1.38. The fourth-order valence-electron chi connectivity index (χ4n) is 0.220. The predicted octanol–water partition coefficient (Wildman–Crippen LogP) is -0.854. The lowest BCUT2D eigenvalue weighted by atomic mass is 10.2. The first-order chi connectivity index (χ1) is 3.68. The molecule has 3 N–H and O–H groups in total. The van der Waals surface area contributed by atoms with Crippen LogP contribution in [0.3, 0.4) is 0 Å². The molecule has 0 aromatic rings. The summed E-state index contributed by atoms with van der Waals surface area (Å²) in [4.78, 5) is 9.98. The van der Waals surface area contributed by atoms with Crippen LogP contribution in [0, 0.1) is 12.3 Å². The number of carbonyl (C=O) groups excluding carboxylic acids is 1. The van der Waals surface area contributed by atoms with E-state index in [1.54, 1.807) is 0 Å².